The van der Waals surface area contributed by atoms with Crippen molar-refractivity contribution in [2.45, 2.75) is 26.2 Å². The summed E-state index contributed by atoms with van der Waals surface area (Å²) in [5.74, 6) is -1.74. The van der Waals surface area contributed by atoms with Crippen LogP contribution < -0.4 is 5.32 Å². The molecule has 0 saturated heterocycles. The summed E-state index contributed by atoms with van der Waals surface area (Å²) in [7, 11) is 0. The second kappa shape index (κ2) is 11.4. The van der Waals surface area contributed by atoms with E-state index in [-0.39, 0.29) is 18.6 Å². The third-order valence-corrected chi connectivity index (χ3v) is 3.86. The summed E-state index contributed by atoms with van der Waals surface area (Å²) >= 11 is 0. The Hall–Kier alpha value is -3.48. The number of amides is 1. The van der Waals surface area contributed by atoms with Crippen LogP contribution in [0.15, 0.2) is 54.6 Å². The maximum atomic E-state index is 11.9. The van der Waals surface area contributed by atoms with Crippen molar-refractivity contribution in [3.8, 4) is 0 Å². The minimum absolute atomic E-state index is 0.0139. The first-order chi connectivity index (χ1) is 14.0. The highest BCUT2D eigenvalue weighted by Crippen LogP contribution is 2.11. The van der Waals surface area contributed by atoms with Crippen molar-refractivity contribution in [3.63, 3.8) is 0 Å². The first-order valence-electron chi connectivity index (χ1n) is 9.30. The number of carbonyl (C=O) groups is 4. The molecule has 0 aliphatic carbocycles. The summed E-state index contributed by atoms with van der Waals surface area (Å²) in [6.45, 7) is 1.79. The average Bonchev–Trinajstić information content (AvgIpc) is 2.75. The number of Topliss-reactive ketones (excluding diaryl/α,β-unsaturated/α-hetero) is 1. The summed E-state index contributed by atoms with van der Waals surface area (Å²) < 4.78 is 9.91. The van der Waals surface area contributed by atoms with Gasteiger partial charge >= 0.3 is 11.9 Å². The third kappa shape index (κ3) is 7.57. The van der Waals surface area contributed by atoms with E-state index >= 15 is 0 Å². The van der Waals surface area contributed by atoms with Gasteiger partial charge in [-0.15, -0.1) is 0 Å². The number of hydrogen-bond acceptors (Lipinski definition) is 6. The zero-order valence-electron chi connectivity index (χ0n) is 16.2. The van der Waals surface area contributed by atoms with Crippen LogP contribution in [0.3, 0.4) is 0 Å². The molecule has 0 bridgehead atoms. The molecule has 0 radical (unpaired) electrons. The van der Waals surface area contributed by atoms with Crippen LogP contribution in [0, 0.1) is 0 Å². The van der Waals surface area contributed by atoms with Crippen LogP contribution >= 0.6 is 0 Å². The molecule has 0 heterocycles. The van der Waals surface area contributed by atoms with Crippen LogP contribution in [0.2, 0.25) is 0 Å². The summed E-state index contributed by atoms with van der Waals surface area (Å²) in [6.07, 6.45) is 0.647. The molecule has 1 N–H and O–H groups in total. The summed E-state index contributed by atoms with van der Waals surface area (Å²) in [6, 6.07) is 14.8. The van der Waals surface area contributed by atoms with Crippen LogP contribution in [-0.2, 0) is 19.1 Å². The van der Waals surface area contributed by atoms with Gasteiger partial charge in [0.2, 0.25) is 0 Å². The molecular formula is C22H23NO6. The van der Waals surface area contributed by atoms with Crippen molar-refractivity contribution in [1.29, 1.82) is 0 Å². The summed E-state index contributed by atoms with van der Waals surface area (Å²) in [5.41, 5.74) is 1.36. The predicted molar refractivity (Wildman–Crippen MR) is 107 cm³/mol. The topological polar surface area (TPSA) is 98.8 Å². The smallest absolute Gasteiger partial charge is 0.338 e. The maximum absolute atomic E-state index is 11.9. The van der Waals surface area contributed by atoms with E-state index in [1.165, 1.54) is 12.1 Å². The van der Waals surface area contributed by atoms with Gasteiger partial charge in [-0.25, -0.2) is 4.79 Å². The van der Waals surface area contributed by atoms with Gasteiger partial charge in [0.05, 0.1) is 18.6 Å². The Morgan fingerprint density at radius 1 is 0.828 bits per heavy atom. The molecule has 7 nitrogen and oxygen atoms in total. The van der Waals surface area contributed by atoms with Crippen molar-refractivity contribution in [2.75, 3.05) is 18.5 Å². The van der Waals surface area contributed by atoms with Gasteiger partial charge in [0.1, 0.15) is 0 Å². The zero-order valence-corrected chi connectivity index (χ0v) is 16.2. The molecule has 0 aliphatic rings. The lowest BCUT2D eigenvalue weighted by atomic mass is 10.1. The van der Waals surface area contributed by atoms with Gasteiger partial charge in [0.25, 0.3) is 5.91 Å². The molecule has 0 fully saturated rings. The number of ketones is 1. The van der Waals surface area contributed by atoms with Gasteiger partial charge in [-0.05, 0) is 30.7 Å². The Labute approximate surface area is 169 Å². The molecule has 0 aliphatic heterocycles. The van der Waals surface area contributed by atoms with Crippen molar-refractivity contribution >= 4 is 29.3 Å². The molecule has 2 aromatic rings. The quantitative estimate of drug-likeness (QED) is 0.487. The Morgan fingerprint density at radius 3 is 2.17 bits per heavy atom. The van der Waals surface area contributed by atoms with Gasteiger partial charge < -0.3 is 14.8 Å². The summed E-state index contributed by atoms with van der Waals surface area (Å²) in [4.78, 5) is 47.3. The normalized spacial score (nSPS) is 10.1. The fourth-order valence-electron chi connectivity index (χ4n) is 2.37. The fourth-order valence-corrected chi connectivity index (χ4v) is 2.37. The highest BCUT2D eigenvalue weighted by atomic mass is 16.5. The molecule has 0 unspecified atom stereocenters. The number of nitrogens with one attached hydrogen (secondary N) is 1. The zero-order chi connectivity index (χ0) is 21.1. The monoisotopic (exact) mass is 397 g/mol. The van der Waals surface area contributed by atoms with E-state index in [1.807, 2.05) is 6.92 Å². The number of esters is 2. The Bertz CT molecular complexity index is 845. The second-order valence-electron chi connectivity index (χ2n) is 6.21. The van der Waals surface area contributed by atoms with E-state index in [0.29, 0.717) is 23.4 Å². The Kier molecular flexibility index (Phi) is 8.56. The van der Waals surface area contributed by atoms with Crippen LogP contribution in [0.25, 0.3) is 0 Å². The molecule has 1 amide bonds. The molecule has 7 heteroatoms. The van der Waals surface area contributed by atoms with Crippen LogP contribution in [-0.4, -0.2) is 36.8 Å². The number of rotatable bonds is 10. The van der Waals surface area contributed by atoms with Gasteiger partial charge in [-0.2, -0.15) is 0 Å². The second-order valence-corrected chi connectivity index (χ2v) is 6.21. The lowest BCUT2D eigenvalue weighted by molar-refractivity contribution is -0.147. The van der Waals surface area contributed by atoms with Gasteiger partial charge in [0.15, 0.2) is 12.4 Å². The minimum Gasteiger partial charge on any atom is -0.462 e. The van der Waals surface area contributed by atoms with E-state index in [4.69, 9.17) is 9.47 Å². The standard InChI is InChI=1S/C22H23NO6/c1-2-14-28-22(27)17-8-10-18(11-9-17)23-20(25)15-29-21(26)13-12-19(24)16-6-4-3-5-7-16/h3-11H,2,12-15H2,1H3,(H,23,25). The van der Waals surface area contributed by atoms with Crippen molar-refractivity contribution in [3.05, 3.63) is 65.7 Å². The fraction of sp³-hybridized carbons (Fsp3) is 0.273. The molecule has 0 aromatic heterocycles. The number of carbonyl (C=O) groups excluding carboxylic acids is 4. The van der Waals surface area contributed by atoms with E-state index in [9.17, 15) is 19.2 Å². The molecule has 2 aromatic carbocycles. The maximum Gasteiger partial charge on any atom is 0.338 e. The van der Waals surface area contributed by atoms with Gasteiger partial charge in [0, 0.05) is 17.7 Å². The highest BCUT2D eigenvalue weighted by Gasteiger charge is 2.12. The SMILES string of the molecule is CCCOC(=O)c1ccc(NC(=O)COC(=O)CCC(=O)c2ccccc2)cc1. The number of hydrogen-bond donors (Lipinski definition) is 1. The highest BCUT2D eigenvalue weighted by molar-refractivity contribution is 5.98. The van der Waals surface area contributed by atoms with E-state index in [2.05, 4.69) is 5.32 Å². The molecule has 0 spiro atoms. The largest absolute Gasteiger partial charge is 0.462 e. The Balaban J connectivity index is 1.71. The van der Waals surface area contributed by atoms with E-state index in [1.54, 1.807) is 42.5 Å². The molecule has 0 saturated carbocycles. The number of anilines is 1. The van der Waals surface area contributed by atoms with E-state index in [0.717, 1.165) is 6.42 Å². The number of benzene rings is 2. The van der Waals surface area contributed by atoms with Gasteiger partial charge in [-0.3, -0.25) is 14.4 Å². The molecule has 29 heavy (non-hydrogen) atoms. The van der Waals surface area contributed by atoms with Crippen molar-refractivity contribution in [2.24, 2.45) is 0 Å². The third-order valence-electron chi connectivity index (χ3n) is 3.86. The minimum atomic E-state index is -0.626. The summed E-state index contributed by atoms with van der Waals surface area (Å²) in [5, 5.41) is 2.56. The van der Waals surface area contributed by atoms with Crippen molar-refractivity contribution in [1.82, 2.24) is 0 Å². The Morgan fingerprint density at radius 2 is 1.52 bits per heavy atom. The van der Waals surface area contributed by atoms with Crippen LogP contribution in [0.5, 0.6) is 0 Å². The average molecular weight is 397 g/mol. The molecule has 152 valence electrons. The molecule has 2 rings (SSSR count). The predicted octanol–water partition coefficient (Wildman–Crippen LogP) is 3.40. The van der Waals surface area contributed by atoms with Crippen LogP contribution in [0.4, 0.5) is 5.69 Å². The van der Waals surface area contributed by atoms with Gasteiger partial charge in [-0.1, -0.05) is 37.3 Å². The van der Waals surface area contributed by atoms with Crippen molar-refractivity contribution < 1.29 is 28.7 Å². The number of ether oxygens (including phenoxy) is 2. The lowest BCUT2D eigenvalue weighted by Crippen LogP contribution is -2.21. The van der Waals surface area contributed by atoms with E-state index < -0.39 is 24.5 Å². The molecule has 0 atom stereocenters. The lowest BCUT2D eigenvalue weighted by Gasteiger charge is -2.08. The molecular weight excluding hydrogens is 374 g/mol. The first-order valence-corrected chi connectivity index (χ1v) is 9.30. The first kappa shape index (κ1) is 21.8. The van der Waals surface area contributed by atoms with Crippen LogP contribution in [0.1, 0.15) is 46.9 Å².